The summed E-state index contributed by atoms with van der Waals surface area (Å²) in [5.74, 6) is 0. The first kappa shape index (κ1) is 14.6. The fourth-order valence-corrected chi connectivity index (χ4v) is 12.8. The normalized spacial score (nSPS) is 17.5. The Morgan fingerprint density at radius 3 is 1.67 bits per heavy atom. The molecule has 0 aliphatic carbocycles. The molecule has 0 aromatic heterocycles. The Morgan fingerprint density at radius 2 is 1.14 bits per heavy atom. The van der Waals surface area contributed by atoms with E-state index in [1.807, 2.05) is 0 Å². The van der Waals surface area contributed by atoms with Crippen molar-refractivity contribution >= 4 is 27.5 Å². The van der Waals surface area contributed by atoms with E-state index >= 15 is 0 Å². The molecule has 3 rings (SSSR count). The molecule has 2 aromatic carbocycles. The summed E-state index contributed by atoms with van der Waals surface area (Å²) in [6, 6.07) is 21.9. The summed E-state index contributed by atoms with van der Waals surface area (Å²) in [5.41, 5.74) is 5.81. The third-order valence-electron chi connectivity index (χ3n) is 4.87. The van der Waals surface area contributed by atoms with E-state index in [1.165, 1.54) is 22.3 Å². The van der Waals surface area contributed by atoms with Gasteiger partial charge in [0.2, 0.25) is 0 Å². The number of hydrogen-bond acceptors (Lipinski definition) is 0. The second kappa shape index (κ2) is 5.49. The number of benzene rings is 2. The summed E-state index contributed by atoms with van der Waals surface area (Å²) in [6.07, 6.45) is 0. The molecule has 0 saturated heterocycles. The minimum atomic E-state index is -2.40. The van der Waals surface area contributed by atoms with Gasteiger partial charge < -0.3 is 0 Å². The van der Waals surface area contributed by atoms with Crippen LogP contribution < -0.4 is 0 Å². The average molecular weight is 381 g/mol. The van der Waals surface area contributed by atoms with Gasteiger partial charge in [0.25, 0.3) is 0 Å². The molecule has 0 N–H and O–H groups in total. The zero-order chi connectivity index (χ0) is 15.0. The molecule has 1 heterocycles. The van der Waals surface area contributed by atoms with Crippen LogP contribution in [0.3, 0.4) is 0 Å². The number of hydrogen-bond donors (Lipinski definition) is 0. The van der Waals surface area contributed by atoms with Crippen molar-refractivity contribution in [3.8, 4) is 0 Å². The van der Waals surface area contributed by atoms with E-state index in [0.29, 0.717) is 0 Å². The van der Waals surface area contributed by atoms with Gasteiger partial charge in [-0.1, -0.05) is 0 Å². The summed E-state index contributed by atoms with van der Waals surface area (Å²) in [4.78, 5) is 5.09. The second-order valence-electron chi connectivity index (χ2n) is 6.36. The molecule has 0 fully saturated rings. The maximum absolute atomic E-state index is 2.55. The molecule has 0 saturated carbocycles. The first-order chi connectivity index (χ1) is 10.0. The Bertz CT molecular complexity index is 719. The molecule has 1 heteroatoms. The van der Waals surface area contributed by atoms with Gasteiger partial charge in [-0.25, -0.2) is 0 Å². The van der Waals surface area contributed by atoms with Crippen molar-refractivity contribution in [2.45, 2.75) is 23.7 Å². The van der Waals surface area contributed by atoms with Gasteiger partial charge in [0.1, 0.15) is 0 Å². The van der Waals surface area contributed by atoms with Gasteiger partial charge in [-0.15, -0.1) is 0 Å². The Labute approximate surface area is 132 Å². The average Bonchev–Trinajstić information content (AvgIpc) is 2.69. The van der Waals surface area contributed by atoms with Crippen LogP contribution in [0.5, 0.6) is 0 Å². The predicted octanol–water partition coefficient (Wildman–Crippen LogP) is 5.73. The Kier molecular flexibility index (Phi) is 3.83. The molecule has 0 unspecified atom stereocenters. The molecule has 0 radical (unpaired) electrons. The van der Waals surface area contributed by atoms with Crippen molar-refractivity contribution < 1.29 is 0 Å². The summed E-state index contributed by atoms with van der Waals surface area (Å²) in [7, 11) is 0. The van der Waals surface area contributed by atoms with Crippen LogP contribution in [0.25, 0.3) is 9.16 Å². The van der Waals surface area contributed by atoms with Gasteiger partial charge in [-0.3, -0.25) is 0 Å². The predicted molar refractivity (Wildman–Crippen MR) is 95.6 cm³/mol. The molecule has 1 aliphatic rings. The topological polar surface area (TPSA) is 0 Å². The SMILES string of the molecule is CC1=[C](C)[Sn]([CH3])([CH3])[C](c2ccccc2)=C1c1ccccc1. The molecule has 0 bridgehead atoms. The fraction of sp³-hybridized carbons (Fsp3) is 0.200. The molecule has 106 valence electrons. The van der Waals surface area contributed by atoms with E-state index in [1.54, 1.807) is 7.18 Å². The van der Waals surface area contributed by atoms with Crippen LogP contribution in [0, 0.1) is 0 Å². The van der Waals surface area contributed by atoms with Gasteiger partial charge in [0.15, 0.2) is 0 Å². The van der Waals surface area contributed by atoms with E-state index in [9.17, 15) is 0 Å². The van der Waals surface area contributed by atoms with Gasteiger partial charge in [-0.2, -0.15) is 0 Å². The third-order valence-corrected chi connectivity index (χ3v) is 16.4. The standard InChI is InChI=1S/C18H16.2CH3.Sn/c1-3-15(2)18(17-12-8-5-9-13-17)14-16-10-6-4-7-11-16;;;/h4-13H,1-2H3;2*1H3;. The summed E-state index contributed by atoms with van der Waals surface area (Å²) < 4.78 is 3.34. The van der Waals surface area contributed by atoms with Crippen molar-refractivity contribution in [3.05, 3.63) is 81.0 Å². The van der Waals surface area contributed by atoms with Gasteiger partial charge >= 0.3 is 132 Å². The summed E-state index contributed by atoms with van der Waals surface area (Å²) in [6.45, 7) is 4.68. The van der Waals surface area contributed by atoms with Crippen molar-refractivity contribution in [2.75, 3.05) is 0 Å². The van der Waals surface area contributed by atoms with Crippen LogP contribution in [0.15, 0.2) is 69.8 Å². The van der Waals surface area contributed by atoms with E-state index < -0.39 is 18.4 Å². The first-order valence-corrected chi connectivity index (χ1v) is 16.1. The Morgan fingerprint density at radius 1 is 0.667 bits per heavy atom. The summed E-state index contributed by atoms with van der Waals surface area (Å²) >= 11 is -2.40. The molecule has 1 aliphatic heterocycles. The van der Waals surface area contributed by atoms with Crippen LogP contribution in [0.1, 0.15) is 25.0 Å². The van der Waals surface area contributed by atoms with Gasteiger partial charge in [-0.05, 0) is 0 Å². The molecule has 0 amide bonds. The number of rotatable bonds is 2. The van der Waals surface area contributed by atoms with Crippen molar-refractivity contribution in [1.29, 1.82) is 0 Å². The van der Waals surface area contributed by atoms with E-state index in [0.717, 1.165) is 0 Å². The molecule has 2 aromatic rings. The molecule has 0 spiro atoms. The number of allylic oxidation sites excluding steroid dienone is 3. The van der Waals surface area contributed by atoms with E-state index in [2.05, 4.69) is 84.4 Å². The zero-order valence-electron chi connectivity index (χ0n) is 13.3. The zero-order valence-corrected chi connectivity index (χ0v) is 16.1. The Hall–Kier alpha value is -1.28. The minimum absolute atomic E-state index is 1.37. The Balaban J connectivity index is 2.31. The third kappa shape index (κ3) is 2.40. The molecule has 0 atom stereocenters. The maximum atomic E-state index is 2.55. The van der Waals surface area contributed by atoms with Gasteiger partial charge in [0, 0.05) is 0 Å². The monoisotopic (exact) mass is 382 g/mol. The second-order valence-corrected chi connectivity index (χ2v) is 19.2. The van der Waals surface area contributed by atoms with Crippen molar-refractivity contribution in [3.63, 3.8) is 0 Å². The van der Waals surface area contributed by atoms with Crippen molar-refractivity contribution in [1.82, 2.24) is 0 Å². The molecular formula is C20H22Sn. The molecule has 21 heavy (non-hydrogen) atoms. The van der Waals surface area contributed by atoms with Crippen molar-refractivity contribution in [2.24, 2.45) is 0 Å². The molecule has 0 nitrogen and oxygen atoms in total. The van der Waals surface area contributed by atoms with Gasteiger partial charge in [0.05, 0.1) is 0 Å². The first-order valence-electron chi connectivity index (χ1n) is 7.57. The van der Waals surface area contributed by atoms with Crippen LogP contribution >= 0.6 is 0 Å². The molecular weight excluding hydrogens is 359 g/mol. The van der Waals surface area contributed by atoms with Crippen LogP contribution in [-0.4, -0.2) is 18.4 Å². The fourth-order valence-electron chi connectivity index (χ4n) is 3.42. The van der Waals surface area contributed by atoms with Crippen LogP contribution in [-0.2, 0) is 0 Å². The quantitative estimate of drug-likeness (QED) is 0.583. The van der Waals surface area contributed by atoms with E-state index in [4.69, 9.17) is 0 Å². The van der Waals surface area contributed by atoms with E-state index in [-0.39, 0.29) is 0 Å². The summed E-state index contributed by atoms with van der Waals surface area (Å²) in [5, 5.41) is 0. The van der Waals surface area contributed by atoms with Crippen LogP contribution in [0.2, 0.25) is 9.88 Å². The van der Waals surface area contributed by atoms with Crippen LogP contribution in [0.4, 0.5) is 0 Å².